The van der Waals surface area contributed by atoms with Crippen molar-refractivity contribution in [2.24, 2.45) is 0 Å². The normalized spacial score (nSPS) is 13.9. The lowest BCUT2D eigenvalue weighted by molar-refractivity contribution is 0.0697. The van der Waals surface area contributed by atoms with Gasteiger partial charge in [-0.1, -0.05) is 36.8 Å². The van der Waals surface area contributed by atoms with Crippen molar-refractivity contribution in [3.63, 3.8) is 0 Å². The van der Waals surface area contributed by atoms with Gasteiger partial charge in [0.2, 0.25) is 0 Å². The number of carboxylic acids is 1. The summed E-state index contributed by atoms with van der Waals surface area (Å²) in [5.41, 5.74) is 1.02. The molecule has 4 rings (SSSR count). The third kappa shape index (κ3) is 3.05. The minimum atomic E-state index is -1.16. The highest BCUT2D eigenvalue weighted by Crippen LogP contribution is 2.27. The maximum Gasteiger partial charge on any atom is 0.336 e. The van der Waals surface area contributed by atoms with Gasteiger partial charge in [0.05, 0.1) is 17.5 Å². The number of aryl methyl sites for hydroxylation is 1. The number of carboxylic acid groups (broad SMARTS) is 1. The number of carbonyl (C=O) groups is 1. The second-order valence-electron chi connectivity index (χ2n) is 6.81. The third-order valence-electron chi connectivity index (χ3n) is 5.05. The lowest BCUT2D eigenvalue weighted by Crippen LogP contribution is -2.33. The van der Waals surface area contributed by atoms with Gasteiger partial charge in [-0.3, -0.25) is 14.3 Å². The molecule has 3 aromatic rings. The second-order valence-corrected chi connectivity index (χ2v) is 6.81. The molecule has 7 heteroatoms. The molecule has 0 aliphatic heterocycles. The molecule has 0 fully saturated rings. The van der Waals surface area contributed by atoms with Crippen molar-refractivity contribution in [3.05, 3.63) is 73.6 Å². The Balaban J connectivity index is 2.07. The van der Waals surface area contributed by atoms with E-state index < -0.39 is 17.2 Å². The number of benzene rings is 1. The molecule has 0 unspecified atom stereocenters. The van der Waals surface area contributed by atoms with Crippen LogP contribution in [0.2, 0.25) is 0 Å². The zero-order valence-electron chi connectivity index (χ0n) is 14.7. The highest BCUT2D eigenvalue weighted by atomic mass is 16.4. The van der Waals surface area contributed by atoms with Gasteiger partial charge in [0.1, 0.15) is 0 Å². The van der Waals surface area contributed by atoms with E-state index in [1.807, 2.05) is 30.3 Å². The molecule has 0 saturated heterocycles. The molecule has 0 bridgehead atoms. The van der Waals surface area contributed by atoms with Crippen LogP contribution in [0, 0.1) is 0 Å². The average molecular weight is 365 g/mol. The van der Waals surface area contributed by atoms with Crippen molar-refractivity contribution in [2.75, 3.05) is 0 Å². The van der Waals surface area contributed by atoms with Crippen molar-refractivity contribution >= 4 is 17.0 Å². The topological polar surface area (TPSA) is 105 Å². The molecule has 7 nitrogen and oxygen atoms in total. The molecular weight excluding hydrogens is 346 g/mol. The van der Waals surface area contributed by atoms with Gasteiger partial charge in [-0.25, -0.2) is 14.6 Å². The molecule has 0 spiro atoms. The summed E-state index contributed by atoms with van der Waals surface area (Å²) >= 11 is 0. The van der Waals surface area contributed by atoms with E-state index in [2.05, 4.69) is 9.97 Å². The van der Waals surface area contributed by atoms with Gasteiger partial charge in [0.15, 0.2) is 5.65 Å². The number of pyridine rings is 1. The molecule has 0 amide bonds. The van der Waals surface area contributed by atoms with Crippen molar-refractivity contribution in [3.8, 4) is 0 Å². The van der Waals surface area contributed by atoms with Gasteiger partial charge in [0.25, 0.3) is 5.56 Å². The Kier molecular flexibility index (Phi) is 4.35. The van der Waals surface area contributed by atoms with E-state index in [1.165, 1.54) is 4.57 Å². The highest BCUT2D eigenvalue weighted by Gasteiger charge is 2.25. The highest BCUT2D eigenvalue weighted by molar-refractivity contribution is 6.03. The SMILES string of the molecule is O=C(O)c1c2c(nc3c1c(=O)[nH]c(=O)n3Cc1ccccc1)CCCCC2. The molecule has 0 radical (unpaired) electrons. The van der Waals surface area contributed by atoms with Crippen molar-refractivity contribution in [2.45, 2.75) is 38.6 Å². The first-order chi connectivity index (χ1) is 13.1. The van der Waals surface area contributed by atoms with E-state index in [1.54, 1.807) is 0 Å². The summed E-state index contributed by atoms with van der Waals surface area (Å²) in [5, 5.41) is 9.82. The first kappa shape index (κ1) is 17.2. The standard InChI is InChI=1S/C20H19N3O4/c24-18-16-15(19(25)26)13-9-5-2-6-10-14(13)21-17(16)23(20(27)22-18)11-12-7-3-1-4-8-12/h1,3-4,7-8H,2,5-6,9-11H2,(H,25,26)(H,22,24,27). The minimum absolute atomic E-state index is 0.0139. The molecule has 0 atom stereocenters. The van der Waals surface area contributed by atoms with E-state index in [-0.39, 0.29) is 23.1 Å². The number of rotatable bonds is 3. The van der Waals surface area contributed by atoms with Gasteiger partial charge in [-0.15, -0.1) is 0 Å². The number of nitrogens with zero attached hydrogens (tertiary/aromatic N) is 2. The number of aromatic amines is 1. The first-order valence-electron chi connectivity index (χ1n) is 9.02. The van der Waals surface area contributed by atoms with Crippen LogP contribution in [0.25, 0.3) is 11.0 Å². The molecule has 1 aliphatic rings. The molecule has 0 saturated carbocycles. The number of aromatic carboxylic acids is 1. The van der Waals surface area contributed by atoms with Crippen LogP contribution >= 0.6 is 0 Å². The van der Waals surface area contributed by atoms with E-state index >= 15 is 0 Å². The Morgan fingerprint density at radius 2 is 1.85 bits per heavy atom. The van der Waals surface area contributed by atoms with E-state index in [0.717, 1.165) is 24.8 Å². The quantitative estimate of drug-likeness (QED) is 0.692. The Labute approximate surface area is 154 Å². The molecule has 2 aromatic heterocycles. The number of hydrogen-bond donors (Lipinski definition) is 2. The molecule has 138 valence electrons. The summed E-state index contributed by atoms with van der Waals surface area (Å²) in [5.74, 6) is -1.16. The van der Waals surface area contributed by atoms with Gasteiger partial charge < -0.3 is 5.11 Å². The number of hydrogen-bond acceptors (Lipinski definition) is 4. The van der Waals surface area contributed by atoms with E-state index in [4.69, 9.17) is 0 Å². The van der Waals surface area contributed by atoms with Crippen LogP contribution in [0.4, 0.5) is 0 Å². The zero-order valence-corrected chi connectivity index (χ0v) is 14.7. The molecule has 1 aliphatic carbocycles. The van der Waals surface area contributed by atoms with Crippen molar-refractivity contribution < 1.29 is 9.90 Å². The summed E-state index contributed by atoms with van der Waals surface area (Å²) in [6.45, 7) is 0.206. The van der Waals surface area contributed by atoms with Gasteiger partial charge >= 0.3 is 11.7 Å². The Hall–Kier alpha value is -3.22. The van der Waals surface area contributed by atoms with Crippen molar-refractivity contribution in [1.82, 2.24) is 14.5 Å². The van der Waals surface area contributed by atoms with Crippen LogP contribution in [0.5, 0.6) is 0 Å². The van der Waals surface area contributed by atoms with Crippen LogP contribution in [-0.2, 0) is 19.4 Å². The number of nitrogens with one attached hydrogen (secondary N) is 1. The molecule has 1 aromatic carbocycles. The molecule has 27 heavy (non-hydrogen) atoms. The summed E-state index contributed by atoms with van der Waals surface area (Å²) in [6.07, 6.45) is 3.99. The largest absolute Gasteiger partial charge is 0.478 e. The summed E-state index contributed by atoms with van der Waals surface area (Å²) in [4.78, 5) is 43.9. The summed E-state index contributed by atoms with van der Waals surface area (Å²) in [6, 6.07) is 9.32. The maximum absolute atomic E-state index is 12.5. The smallest absolute Gasteiger partial charge is 0.336 e. The van der Waals surface area contributed by atoms with Gasteiger partial charge in [0, 0.05) is 5.69 Å². The Bertz CT molecular complexity index is 1150. The Morgan fingerprint density at radius 1 is 1.11 bits per heavy atom. The van der Waals surface area contributed by atoms with Gasteiger partial charge in [-0.2, -0.15) is 0 Å². The van der Waals surface area contributed by atoms with Crippen LogP contribution < -0.4 is 11.2 Å². The number of fused-ring (bicyclic) bond motifs is 2. The molecule has 2 heterocycles. The zero-order chi connectivity index (χ0) is 19.0. The fourth-order valence-corrected chi connectivity index (χ4v) is 3.79. The van der Waals surface area contributed by atoms with Crippen molar-refractivity contribution in [1.29, 1.82) is 0 Å². The summed E-state index contributed by atoms with van der Waals surface area (Å²) in [7, 11) is 0. The fourth-order valence-electron chi connectivity index (χ4n) is 3.79. The maximum atomic E-state index is 12.5. The lowest BCUT2D eigenvalue weighted by atomic mass is 9.99. The van der Waals surface area contributed by atoms with E-state index in [9.17, 15) is 19.5 Å². The van der Waals surface area contributed by atoms with Gasteiger partial charge in [-0.05, 0) is 36.8 Å². The molecular formula is C20H19N3O4. The average Bonchev–Trinajstić information content (AvgIpc) is 2.89. The Morgan fingerprint density at radius 3 is 2.59 bits per heavy atom. The number of H-pyrrole nitrogens is 1. The lowest BCUT2D eigenvalue weighted by Gasteiger charge is -2.15. The third-order valence-corrected chi connectivity index (χ3v) is 5.05. The van der Waals surface area contributed by atoms with Crippen LogP contribution in [-0.4, -0.2) is 25.6 Å². The van der Waals surface area contributed by atoms with Crippen LogP contribution in [0.15, 0.2) is 39.9 Å². The minimum Gasteiger partial charge on any atom is -0.478 e. The van der Waals surface area contributed by atoms with E-state index in [0.29, 0.717) is 24.1 Å². The summed E-state index contributed by atoms with van der Waals surface area (Å²) < 4.78 is 1.35. The fraction of sp³-hybridized carbons (Fsp3) is 0.300. The predicted octanol–water partition coefficient (Wildman–Crippen LogP) is 2.10. The van der Waals surface area contributed by atoms with Crippen LogP contribution in [0.3, 0.4) is 0 Å². The van der Waals surface area contributed by atoms with Crippen LogP contribution in [0.1, 0.15) is 46.4 Å². The number of aromatic nitrogens is 3. The second kappa shape index (κ2) is 6.83. The molecule has 2 N–H and O–H groups in total. The first-order valence-corrected chi connectivity index (χ1v) is 9.02. The predicted molar refractivity (Wildman–Crippen MR) is 100 cm³/mol. The monoisotopic (exact) mass is 365 g/mol.